The summed E-state index contributed by atoms with van der Waals surface area (Å²) in [5.74, 6) is 3.08. The van der Waals surface area contributed by atoms with Crippen molar-refractivity contribution in [2.45, 2.75) is 71.4 Å². The van der Waals surface area contributed by atoms with Gasteiger partial charge in [0.1, 0.15) is 11.5 Å². The Hall–Kier alpha value is -1.33. The van der Waals surface area contributed by atoms with Gasteiger partial charge < -0.3 is 9.73 Å². The first-order valence-electron chi connectivity index (χ1n) is 11.0. The summed E-state index contributed by atoms with van der Waals surface area (Å²) in [6.07, 6.45) is 7.56. The van der Waals surface area contributed by atoms with Crippen LogP contribution in [0.5, 0.6) is 0 Å². The summed E-state index contributed by atoms with van der Waals surface area (Å²) in [7, 11) is 0. The van der Waals surface area contributed by atoms with Crippen LogP contribution in [0.1, 0.15) is 63.9 Å². The molecule has 1 aromatic rings. The standard InChI is InChI=1S/C22H37N3O2/c1-3-20-8-9-21(27-20)17-24-14-11-18(12-15-24)7-10-22(26)23-16-19-6-5-13-25(19)4-2/h8-9,18-19H,3-7,10-17H2,1-2H3,(H,23,26). The van der Waals surface area contributed by atoms with E-state index in [0.29, 0.717) is 18.4 Å². The fraction of sp³-hybridized carbons (Fsp3) is 0.773. The lowest BCUT2D eigenvalue weighted by Gasteiger charge is -2.31. The van der Waals surface area contributed by atoms with Crippen molar-refractivity contribution in [3.8, 4) is 0 Å². The van der Waals surface area contributed by atoms with Gasteiger partial charge in [0.15, 0.2) is 0 Å². The Kier molecular flexibility index (Phi) is 7.77. The Labute approximate surface area is 164 Å². The maximum absolute atomic E-state index is 12.2. The van der Waals surface area contributed by atoms with Gasteiger partial charge in [0, 0.05) is 25.4 Å². The quantitative estimate of drug-likeness (QED) is 0.718. The molecule has 0 aromatic carbocycles. The molecule has 0 saturated carbocycles. The minimum atomic E-state index is 0.239. The minimum Gasteiger partial charge on any atom is -0.465 e. The molecule has 0 radical (unpaired) electrons. The Balaban J connectivity index is 1.29. The average Bonchev–Trinajstić information content (AvgIpc) is 3.34. The van der Waals surface area contributed by atoms with Crippen molar-refractivity contribution in [3.05, 3.63) is 23.7 Å². The van der Waals surface area contributed by atoms with Gasteiger partial charge in [-0.1, -0.05) is 13.8 Å². The fourth-order valence-electron chi connectivity index (χ4n) is 4.55. The number of nitrogens with zero attached hydrogens (tertiary/aromatic N) is 2. The van der Waals surface area contributed by atoms with Crippen LogP contribution in [-0.2, 0) is 17.8 Å². The number of rotatable bonds is 9. The van der Waals surface area contributed by atoms with Crippen molar-refractivity contribution >= 4 is 5.91 Å². The van der Waals surface area contributed by atoms with E-state index in [1.54, 1.807) is 0 Å². The first-order chi connectivity index (χ1) is 13.2. The molecule has 1 aromatic heterocycles. The van der Waals surface area contributed by atoms with E-state index < -0.39 is 0 Å². The van der Waals surface area contributed by atoms with Crippen LogP contribution in [-0.4, -0.2) is 54.5 Å². The molecule has 2 fully saturated rings. The third kappa shape index (κ3) is 6.08. The molecular weight excluding hydrogens is 338 g/mol. The van der Waals surface area contributed by atoms with Crippen LogP contribution < -0.4 is 5.32 Å². The predicted molar refractivity (Wildman–Crippen MR) is 109 cm³/mol. The molecule has 5 heteroatoms. The topological polar surface area (TPSA) is 48.7 Å². The summed E-state index contributed by atoms with van der Waals surface area (Å²) >= 11 is 0. The van der Waals surface area contributed by atoms with E-state index in [1.807, 2.05) is 0 Å². The van der Waals surface area contributed by atoms with Gasteiger partial charge in [0.25, 0.3) is 0 Å². The molecule has 2 saturated heterocycles. The van der Waals surface area contributed by atoms with Gasteiger partial charge in [-0.15, -0.1) is 0 Å². The van der Waals surface area contributed by atoms with Crippen LogP contribution in [0.25, 0.3) is 0 Å². The highest BCUT2D eigenvalue weighted by atomic mass is 16.3. The molecule has 152 valence electrons. The number of amides is 1. The number of carbonyl (C=O) groups excluding carboxylic acids is 1. The van der Waals surface area contributed by atoms with Gasteiger partial charge in [-0.3, -0.25) is 14.6 Å². The number of hydrogen-bond acceptors (Lipinski definition) is 4. The maximum atomic E-state index is 12.2. The van der Waals surface area contributed by atoms with E-state index in [-0.39, 0.29) is 5.91 Å². The highest BCUT2D eigenvalue weighted by Crippen LogP contribution is 2.23. The van der Waals surface area contributed by atoms with E-state index in [9.17, 15) is 4.79 Å². The maximum Gasteiger partial charge on any atom is 0.220 e. The Morgan fingerprint density at radius 3 is 2.63 bits per heavy atom. The zero-order valence-corrected chi connectivity index (χ0v) is 17.2. The van der Waals surface area contributed by atoms with Gasteiger partial charge in [-0.05, 0) is 76.3 Å². The summed E-state index contributed by atoms with van der Waals surface area (Å²) in [6.45, 7) is 10.6. The van der Waals surface area contributed by atoms with Gasteiger partial charge in [-0.25, -0.2) is 0 Å². The fourth-order valence-corrected chi connectivity index (χ4v) is 4.55. The van der Waals surface area contributed by atoms with Crippen molar-refractivity contribution in [1.29, 1.82) is 0 Å². The Morgan fingerprint density at radius 1 is 1.15 bits per heavy atom. The number of likely N-dealkylation sites (tertiary alicyclic amines) is 2. The van der Waals surface area contributed by atoms with Gasteiger partial charge in [0.05, 0.1) is 6.54 Å². The van der Waals surface area contributed by atoms with Gasteiger partial charge in [0.2, 0.25) is 5.91 Å². The van der Waals surface area contributed by atoms with Crippen molar-refractivity contribution in [3.63, 3.8) is 0 Å². The minimum absolute atomic E-state index is 0.239. The normalized spacial score (nSPS) is 22.4. The van der Waals surface area contributed by atoms with Crippen molar-refractivity contribution in [2.75, 3.05) is 32.7 Å². The van der Waals surface area contributed by atoms with E-state index in [2.05, 4.69) is 41.1 Å². The average molecular weight is 376 g/mol. The summed E-state index contributed by atoms with van der Waals surface area (Å²) in [5.41, 5.74) is 0. The van der Waals surface area contributed by atoms with Crippen LogP contribution in [0.15, 0.2) is 16.5 Å². The van der Waals surface area contributed by atoms with E-state index in [0.717, 1.165) is 57.1 Å². The highest BCUT2D eigenvalue weighted by molar-refractivity contribution is 5.75. The third-order valence-corrected chi connectivity index (χ3v) is 6.37. The molecule has 3 rings (SSSR count). The molecule has 5 nitrogen and oxygen atoms in total. The Bertz CT molecular complexity index is 578. The van der Waals surface area contributed by atoms with Crippen LogP contribution in [0.4, 0.5) is 0 Å². The van der Waals surface area contributed by atoms with E-state index >= 15 is 0 Å². The molecule has 27 heavy (non-hydrogen) atoms. The lowest BCUT2D eigenvalue weighted by Crippen LogP contribution is -2.40. The Morgan fingerprint density at radius 2 is 1.93 bits per heavy atom. The molecule has 2 aliphatic heterocycles. The molecule has 3 heterocycles. The zero-order valence-electron chi connectivity index (χ0n) is 17.2. The van der Waals surface area contributed by atoms with Crippen LogP contribution >= 0.6 is 0 Å². The lowest BCUT2D eigenvalue weighted by atomic mass is 9.92. The van der Waals surface area contributed by atoms with Crippen LogP contribution in [0.2, 0.25) is 0 Å². The highest BCUT2D eigenvalue weighted by Gasteiger charge is 2.24. The first-order valence-corrected chi connectivity index (χ1v) is 11.0. The predicted octanol–water partition coefficient (Wildman–Crippen LogP) is 3.43. The molecule has 0 bridgehead atoms. The van der Waals surface area contributed by atoms with Crippen molar-refractivity contribution < 1.29 is 9.21 Å². The largest absolute Gasteiger partial charge is 0.465 e. The summed E-state index contributed by atoms with van der Waals surface area (Å²) in [6, 6.07) is 4.75. The molecule has 2 aliphatic rings. The van der Waals surface area contributed by atoms with E-state index in [4.69, 9.17) is 4.42 Å². The summed E-state index contributed by atoms with van der Waals surface area (Å²) in [5, 5.41) is 3.17. The first kappa shape index (κ1) is 20.4. The second-order valence-corrected chi connectivity index (χ2v) is 8.21. The molecule has 0 spiro atoms. The van der Waals surface area contributed by atoms with Crippen LogP contribution in [0, 0.1) is 5.92 Å². The molecule has 1 amide bonds. The monoisotopic (exact) mass is 375 g/mol. The second kappa shape index (κ2) is 10.3. The number of nitrogens with one attached hydrogen (secondary N) is 1. The van der Waals surface area contributed by atoms with Crippen LogP contribution in [0.3, 0.4) is 0 Å². The molecule has 0 aliphatic carbocycles. The molecule has 1 N–H and O–H groups in total. The molecule has 1 atom stereocenters. The zero-order chi connectivity index (χ0) is 19.1. The SMILES string of the molecule is CCc1ccc(CN2CCC(CCC(=O)NCC3CCCN3CC)CC2)o1. The second-order valence-electron chi connectivity index (χ2n) is 8.21. The van der Waals surface area contributed by atoms with E-state index in [1.165, 1.54) is 32.2 Å². The smallest absolute Gasteiger partial charge is 0.220 e. The lowest BCUT2D eigenvalue weighted by molar-refractivity contribution is -0.121. The number of carbonyl (C=O) groups is 1. The van der Waals surface area contributed by atoms with Gasteiger partial charge in [-0.2, -0.15) is 0 Å². The summed E-state index contributed by atoms with van der Waals surface area (Å²) in [4.78, 5) is 17.2. The number of hydrogen-bond donors (Lipinski definition) is 1. The number of aryl methyl sites for hydroxylation is 1. The third-order valence-electron chi connectivity index (χ3n) is 6.37. The molecule has 1 unspecified atom stereocenters. The van der Waals surface area contributed by atoms with Gasteiger partial charge >= 0.3 is 0 Å². The number of likely N-dealkylation sites (N-methyl/N-ethyl adjacent to an activating group) is 1. The molecular formula is C22H37N3O2. The summed E-state index contributed by atoms with van der Waals surface area (Å²) < 4.78 is 5.83. The number of furan rings is 1. The van der Waals surface area contributed by atoms with Crippen molar-refractivity contribution in [1.82, 2.24) is 15.1 Å². The number of piperidine rings is 1. The van der Waals surface area contributed by atoms with Crippen molar-refractivity contribution in [2.24, 2.45) is 5.92 Å².